The number of carbonyl (C=O) groups is 1. The first-order valence-corrected chi connectivity index (χ1v) is 11.8. The Balaban J connectivity index is 2.61. The van der Waals surface area contributed by atoms with Gasteiger partial charge in [0, 0.05) is 11.4 Å². The third-order valence-electron chi connectivity index (χ3n) is 3.91. The summed E-state index contributed by atoms with van der Waals surface area (Å²) < 4.78 is -1.84. The Morgan fingerprint density at radius 2 is 1.55 bits per heavy atom. The standard InChI is InChI=1S/C18H23Cl6N3OS/c1-2-3-4-5-6-7-8-14(28)25-16(18(22,23)24)27-17(29)26-15-12(20)9-11(19)10-13(15)21/h9-10,16H,2-8H2,1H3,(H,25,28)(H2,26,27,29). The second kappa shape index (κ2) is 13.5. The zero-order valence-electron chi connectivity index (χ0n) is 15.8. The lowest BCUT2D eigenvalue weighted by Gasteiger charge is -2.28. The molecule has 0 heterocycles. The minimum Gasteiger partial charge on any atom is -0.339 e. The fourth-order valence-electron chi connectivity index (χ4n) is 2.44. The second-order valence-electron chi connectivity index (χ2n) is 6.40. The number of nitrogens with one attached hydrogen (secondary N) is 3. The van der Waals surface area contributed by atoms with Crippen molar-refractivity contribution < 1.29 is 4.79 Å². The lowest BCUT2D eigenvalue weighted by molar-refractivity contribution is -0.122. The molecule has 1 atom stereocenters. The van der Waals surface area contributed by atoms with Gasteiger partial charge in [0.2, 0.25) is 9.70 Å². The molecule has 29 heavy (non-hydrogen) atoms. The van der Waals surface area contributed by atoms with Crippen molar-refractivity contribution in [3.05, 3.63) is 27.2 Å². The van der Waals surface area contributed by atoms with Crippen molar-refractivity contribution >= 4 is 98.5 Å². The van der Waals surface area contributed by atoms with Gasteiger partial charge in [0.15, 0.2) is 5.11 Å². The van der Waals surface area contributed by atoms with Crippen molar-refractivity contribution in [1.29, 1.82) is 0 Å². The van der Waals surface area contributed by atoms with E-state index in [1.807, 2.05) is 0 Å². The number of alkyl halides is 3. The molecule has 1 unspecified atom stereocenters. The molecule has 11 heteroatoms. The van der Waals surface area contributed by atoms with E-state index in [0.29, 0.717) is 17.1 Å². The largest absolute Gasteiger partial charge is 0.339 e. The summed E-state index contributed by atoms with van der Waals surface area (Å²) >= 11 is 41.3. The summed E-state index contributed by atoms with van der Waals surface area (Å²) in [6, 6.07) is 3.02. The van der Waals surface area contributed by atoms with Crippen LogP contribution in [0.4, 0.5) is 5.69 Å². The van der Waals surface area contributed by atoms with Crippen LogP contribution in [0.2, 0.25) is 15.1 Å². The molecule has 0 aromatic heterocycles. The first kappa shape index (κ1) is 27.2. The highest BCUT2D eigenvalue weighted by Crippen LogP contribution is 2.34. The van der Waals surface area contributed by atoms with Gasteiger partial charge in [-0.25, -0.2) is 0 Å². The van der Waals surface area contributed by atoms with Gasteiger partial charge < -0.3 is 16.0 Å². The van der Waals surface area contributed by atoms with E-state index < -0.39 is 9.96 Å². The summed E-state index contributed by atoms with van der Waals surface area (Å²) in [5, 5.41) is 9.22. The Labute approximate surface area is 207 Å². The molecule has 0 saturated carbocycles. The fraction of sp³-hybridized carbons (Fsp3) is 0.556. The summed E-state index contributed by atoms with van der Waals surface area (Å²) in [5.74, 6) is -0.241. The van der Waals surface area contributed by atoms with Crippen LogP contribution in [0.5, 0.6) is 0 Å². The van der Waals surface area contributed by atoms with Crippen LogP contribution in [0.15, 0.2) is 12.1 Å². The summed E-state index contributed by atoms with van der Waals surface area (Å²) in [4.78, 5) is 12.2. The average Bonchev–Trinajstić information content (AvgIpc) is 2.59. The number of hydrogen-bond acceptors (Lipinski definition) is 2. The smallest absolute Gasteiger partial charge is 0.228 e. The van der Waals surface area contributed by atoms with E-state index >= 15 is 0 Å². The molecule has 0 radical (unpaired) electrons. The lowest BCUT2D eigenvalue weighted by atomic mass is 10.1. The van der Waals surface area contributed by atoms with Crippen LogP contribution in [0.3, 0.4) is 0 Å². The van der Waals surface area contributed by atoms with Crippen LogP contribution in [-0.4, -0.2) is 21.0 Å². The van der Waals surface area contributed by atoms with Gasteiger partial charge >= 0.3 is 0 Å². The van der Waals surface area contributed by atoms with Crippen molar-refractivity contribution in [2.75, 3.05) is 5.32 Å². The van der Waals surface area contributed by atoms with E-state index in [1.54, 1.807) is 0 Å². The molecule has 0 aliphatic rings. The highest BCUT2D eigenvalue weighted by Gasteiger charge is 2.34. The quantitative estimate of drug-likeness (QED) is 0.124. The number of carbonyl (C=O) groups excluding carboxylic acids is 1. The maximum atomic E-state index is 12.2. The average molecular weight is 542 g/mol. The molecule has 164 valence electrons. The number of hydrogen-bond donors (Lipinski definition) is 3. The molecule has 0 bridgehead atoms. The van der Waals surface area contributed by atoms with Crippen LogP contribution in [0, 0.1) is 0 Å². The number of unbranched alkanes of at least 4 members (excludes halogenated alkanes) is 5. The Kier molecular flexibility index (Phi) is 12.7. The SMILES string of the molecule is CCCCCCCCC(=O)NC(NC(=S)Nc1c(Cl)cc(Cl)cc1Cl)C(Cl)(Cl)Cl. The molecule has 0 aliphatic carbocycles. The van der Waals surface area contributed by atoms with Crippen molar-refractivity contribution in [3.8, 4) is 0 Å². The molecule has 0 fully saturated rings. The van der Waals surface area contributed by atoms with Gasteiger partial charge in [-0.1, -0.05) is 109 Å². The van der Waals surface area contributed by atoms with E-state index in [1.165, 1.54) is 31.4 Å². The van der Waals surface area contributed by atoms with Gasteiger partial charge in [-0.05, 0) is 30.8 Å². The molecule has 0 saturated heterocycles. The Hall–Kier alpha value is 0.120. The molecule has 1 amide bonds. The van der Waals surface area contributed by atoms with Crippen molar-refractivity contribution in [2.24, 2.45) is 0 Å². The van der Waals surface area contributed by atoms with Crippen molar-refractivity contribution in [1.82, 2.24) is 10.6 Å². The van der Waals surface area contributed by atoms with E-state index in [9.17, 15) is 4.79 Å². The Morgan fingerprint density at radius 1 is 1.00 bits per heavy atom. The summed E-state index contributed by atoms with van der Waals surface area (Å²) in [6.45, 7) is 2.16. The molecule has 3 N–H and O–H groups in total. The molecular weight excluding hydrogens is 519 g/mol. The van der Waals surface area contributed by atoms with Crippen LogP contribution < -0.4 is 16.0 Å². The number of benzene rings is 1. The monoisotopic (exact) mass is 539 g/mol. The van der Waals surface area contributed by atoms with Crippen LogP contribution >= 0.6 is 81.8 Å². The first-order valence-electron chi connectivity index (χ1n) is 9.12. The van der Waals surface area contributed by atoms with Crippen LogP contribution in [-0.2, 0) is 4.79 Å². The van der Waals surface area contributed by atoms with Gasteiger partial charge in [-0.15, -0.1) is 0 Å². The minimum atomic E-state index is -1.84. The summed E-state index contributed by atoms with van der Waals surface area (Å²) in [6.07, 6.45) is 5.68. The number of halogens is 6. The van der Waals surface area contributed by atoms with E-state index in [0.717, 1.165) is 19.3 Å². The van der Waals surface area contributed by atoms with Gasteiger partial charge in [0.25, 0.3) is 0 Å². The predicted octanol–water partition coefficient (Wildman–Crippen LogP) is 7.50. The zero-order chi connectivity index (χ0) is 22.0. The zero-order valence-corrected chi connectivity index (χ0v) is 21.1. The molecular formula is C18H23Cl6N3OS. The van der Waals surface area contributed by atoms with Crippen LogP contribution in [0.25, 0.3) is 0 Å². The van der Waals surface area contributed by atoms with E-state index in [-0.39, 0.29) is 21.1 Å². The first-order chi connectivity index (χ1) is 13.5. The van der Waals surface area contributed by atoms with Crippen molar-refractivity contribution in [2.45, 2.75) is 61.8 Å². The van der Waals surface area contributed by atoms with Crippen molar-refractivity contribution in [3.63, 3.8) is 0 Å². The molecule has 1 aromatic rings. The second-order valence-corrected chi connectivity index (χ2v) is 10.4. The van der Waals surface area contributed by atoms with Gasteiger partial charge in [0.05, 0.1) is 15.7 Å². The predicted molar refractivity (Wildman–Crippen MR) is 131 cm³/mol. The van der Waals surface area contributed by atoms with Crippen LogP contribution in [0.1, 0.15) is 51.9 Å². The van der Waals surface area contributed by atoms with E-state index in [2.05, 4.69) is 22.9 Å². The van der Waals surface area contributed by atoms with E-state index in [4.69, 9.17) is 81.8 Å². The Morgan fingerprint density at radius 3 is 2.10 bits per heavy atom. The summed E-state index contributed by atoms with van der Waals surface area (Å²) in [5.41, 5.74) is 0.344. The maximum Gasteiger partial charge on any atom is 0.228 e. The molecule has 4 nitrogen and oxygen atoms in total. The topological polar surface area (TPSA) is 53.2 Å². The Bertz CT molecular complexity index is 676. The fourth-order valence-corrected chi connectivity index (χ4v) is 3.90. The third kappa shape index (κ3) is 10.8. The number of amides is 1. The minimum absolute atomic E-state index is 0.0623. The number of anilines is 1. The lowest BCUT2D eigenvalue weighted by Crippen LogP contribution is -2.56. The number of thiocarbonyl (C=S) groups is 1. The highest BCUT2D eigenvalue weighted by molar-refractivity contribution is 7.80. The highest BCUT2D eigenvalue weighted by atomic mass is 35.6. The third-order valence-corrected chi connectivity index (χ3v) is 5.60. The number of rotatable bonds is 10. The van der Waals surface area contributed by atoms with Gasteiger partial charge in [0.1, 0.15) is 6.17 Å². The molecule has 1 aromatic carbocycles. The van der Waals surface area contributed by atoms with Gasteiger partial charge in [-0.3, -0.25) is 4.79 Å². The molecule has 0 spiro atoms. The molecule has 1 rings (SSSR count). The normalized spacial score (nSPS) is 12.4. The maximum absolute atomic E-state index is 12.2. The molecule has 0 aliphatic heterocycles. The van der Waals surface area contributed by atoms with Gasteiger partial charge in [-0.2, -0.15) is 0 Å². The summed E-state index contributed by atoms with van der Waals surface area (Å²) in [7, 11) is 0.